The molecule has 0 spiro atoms. The molecule has 2 rings (SSSR count). The van der Waals surface area contributed by atoms with Crippen molar-refractivity contribution >= 4 is 11.3 Å². The lowest BCUT2D eigenvalue weighted by atomic mass is 9.88. The molecule has 1 fully saturated rings. The van der Waals surface area contributed by atoms with Gasteiger partial charge >= 0.3 is 0 Å². The molecule has 0 aromatic carbocycles. The average molecular weight is 267 g/mol. The highest BCUT2D eigenvalue weighted by atomic mass is 32.1. The number of thiazole rings is 1. The summed E-state index contributed by atoms with van der Waals surface area (Å²) >= 11 is 1.84. The molecule has 102 valence electrons. The van der Waals surface area contributed by atoms with Crippen LogP contribution in [0, 0.1) is 5.41 Å². The van der Waals surface area contributed by atoms with Gasteiger partial charge in [-0.2, -0.15) is 0 Å². The van der Waals surface area contributed by atoms with Crippen LogP contribution < -0.4 is 5.73 Å². The predicted molar refractivity (Wildman–Crippen MR) is 78.1 cm³/mol. The van der Waals surface area contributed by atoms with Gasteiger partial charge in [0.05, 0.1) is 10.7 Å². The van der Waals surface area contributed by atoms with Crippen molar-refractivity contribution in [1.29, 1.82) is 0 Å². The van der Waals surface area contributed by atoms with Gasteiger partial charge in [-0.15, -0.1) is 11.3 Å². The van der Waals surface area contributed by atoms with Crippen LogP contribution in [0.15, 0.2) is 5.38 Å². The molecule has 0 unspecified atom stereocenters. The number of piperidine rings is 1. The molecule has 1 aliphatic rings. The molecule has 2 heterocycles. The van der Waals surface area contributed by atoms with Crippen molar-refractivity contribution in [3.63, 3.8) is 0 Å². The summed E-state index contributed by atoms with van der Waals surface area (Å²) in [5.74, 6) is 0.681. The van der Waals surface area contributed by atoms with E-state index in [9.17, 15) is 0 Å². The predicted octanol–water partition coefficient (Wildman–Crippen LogP) is 2.48. The summed E-state index contributed by atoms with van der Waals surface area (Å²) in [5, 5.41) is 3.57. The first-order chi connectivity index (χ1) is 8.50. The van der Waals surface area contributed by atoms with Crippen LogP contribution in [0.4, 0.5) is 0 Å². The average Bonchev–Trinajstić information content (AvgIpc) is 2.78. The van der Waals surface area contributed by atoms with Crippen LogP contribution in [0.25, 0.3) is 0 Å². The second-order valence-electron chi connectivity index (χ2n) is 6.30. The van der Waals surface area contributed by atoms with Crippen molar-refractivity contribution in [2.75, 3.05) is 26.7 Å². The van der Waals surface area contributed by atoms with Gasteiger partial charge in [0.15, 0.2) is 0 Å². The van der Waals surface area contributed by atoms with Gasteiger partial charge in [-0.3, -0.25) is 0 Å². The number of rotatable bonds is 4. The molecule has 4 heteroatoms. The fourth-order valence-corrected chi connectivity index (χ4v) is 3.40. The van der Waals surface area contributed by atoms with E-state index in [0.29, 0.717) is 12.5 Å². The normalized spacial score (nSPS) is 19.3. The Kier molecular flexibility index (Phi) is 4.41. The zero-order valence-electron chi connectivity index (χ0n) is 11.8. The molecule has 0 atom stereocenters. The Morgan fingerprint density at radius 3 is 2.72 bits per heavy atom. The molecule has 1 aliphatic heterocycles. The molecule has 0 amide bonds. The first-order valence-corrected chi connectivity index (χ1v) is 7.71. The maximum absolute atomic E-state index is 5.79. The minimum Gasteiger partial charge on any atom is -0.330 e. The van der Waals surface area contributed by atoms with E-state index in [2.05, 4.69) is 31.2 Å². The fraction of sp³-hybridized carbons (Fsp3) is 0.786. The van der Waals surface area contributed by atoms with Gasteiger partial charge in [0.25, 0.3) is 0 Å². The van der Waals surface area contributed by atoms with Gasteiger partial charge in [0.2, 0.25) is 0 Å². The van der Waals surface area contributed by atoms with Crippen LogP contribution in [0.3, 0.4) is 0 Å². The largest absolute Gasteiger partial charge is 0.330 e. The second-order valence-corrected chi connectivity index (χ2v) is 7.19. The Labute approximate surface area is 114 Å². The lowest BCUT2D eigenvalue weighted by Crippen LogP contribution is -2.29. The van der Waals surface area contributed by atoms with Gasteiger partial charge in [0.1, 0.15) is 0 Å². The minimum atomic E-state index is 0.165. The summed E-state index contributed by atoms with van der Waals surface area (Å²) in [7, 11) is 2.20. The standard InChI is InChI=1S/C14H25N3S/c1-14(2,10-15)8-12-9-18-13(16-12)11-4-6-17(3)7-5-11/h9,11H,4-8,10,15H2,1-3H3. The molecule has 1 aromatic rings. The number of nitrogens with two attached hydrogens (primary N) is 1. The van der Waals surface area contributed by atoms with Crippen LogP contribution in [-0.4, -0.2) is 36.6 Å². The van der Waals surface area contributed by atoms with Crippen molar-refractivity contribution in [2.24, 2.45) is 11.1 Å². The number of likely N-dealkylation sites (tertiary alicyclic amines) is 1. The third kappa shape index (κ3) is 3.53. The first-order valence-electron chi connectivity index (χ1n) is 6.83. The molecule has 2 N–H and O–H groups in total. The van der Waals surface area contributed by atoms with Crippen LogP contribution in [0.5, 0.6) is 0 Å². The maximum Gasteiger partial charge on any atom is 0.0960 e. The van der Waals surface area contributed by atoms with Gasteiger partial charge in [0, 0.05) is 11.3 Å². The zero-order valence-corrected chi connectivity index (χ0v) is 12.6. The molecule has 18 heavy (non-hydrogen) atoms. The third-order valence-corrected chi connectivity index (χ3v) is 4.91. The van der Waals surface area contributed by atoms with Crippen LogP contribution in [0.1, 0.15) is 43.3 Å². The monoisotopic (exact) mass is 267 g/mol. The van der Waals surface area contributed by atoms with Crippen molar-refractivity contribution in [2.45, 2.75) is 39.0 Å². The van der Waals surface area contributed by atoms with E-state index in [1.54, 1.807) is 0 Å². The van der Waals surface area contributed by atoms with E-state index in [1.807, 2.05) is 11.3 Å². The van der Waals surface area contributed by atoms with Crippen LogP contribution in [-0.2, 0) is 6.42 Å². The van der Waals surface area contributed by atoms with Gasteiger partial charge in [-0.05, 0) is 51.4 Å². The SMILES string of the molecule is CN1CCC(c2nc(CC(C)(C)CN)cs2)CC1. The third-order valence-electron chi connectivity index (χ3n) is 3.85. The Morgan fingerprint density at radius 1 is 1.44 bits per heavy atom. The van der Waals surface area contributed by atoms with Crippen molar-refractivity contribution in [1.82, 2.24) is 9.88 Å². The van der Waals surface area contributed by atoms with Crippen LogP contribution in [0.2, 0.25) is 0 Å². The van der Waals surface area contributed by atoms with Crippen LogP contribution >= 0.6 is 11.3 Å². The number of aromatic nitrogens is 1. The van der Waals surface area contributed by atoms with Crippen molar-refractivity contribution in [3.05, 3.63) is 16.1 Å². The summed E-state index contributed by atoms with van der Waals surface area (Å²) in [4.78, 5) is 7.24. The highest BCUT2D eigenvalue weighted by Gasteiger charge is 2.23. The number of hydrogen-bond acceptors (Lipinski definition) is 4. The fourth-order valence-electron chi connectivity index (χ4n) is 2.41. The zero-order chi connectivity index (χ0) is 13.2. The van der Waals surface area contributed by atoms with Gasteiger partial charge in [-0.1, -0.05) is 13.8 Å². The number of hydrogen-bond donors (Lipinski definition) is 1. The van der Waals surface area contributed by atoms with E-state index in [4.69, 9.17) is 10.7 Å². The maximum atomic E-state index is 5.79. The van der Waals surface area contributed by atoms with E-state index >= 15 is 0 Å². The molecular weight excluding hydrogens is 242 g/mol. The topological polar surface area (TPSA) is 42.2 Å². The highest BCUT2D eigenvalue weighted by molar-refractivity contribution is 7.09. The lowest BCUT2D eigenvalue weighted by molar-refractivity contribution is 0.255. The Bertz CT molecular complexity index is 378. The van der Waals surface area contributed by atoms with E-state index in [-0.39, 0.29) is 5.41 Å². The summed E-state index contributed by atoms with van der Waals surface area (Å²) in [6.45, 7) is 7.54. The quantitative estimate of drug-likeness (QED) is 0.911. The molecule has 1 aromatic heterocycles. The summed E-state index contributed by atoms with van der Waals surface area (Å²) in [5.41, 5.74) is 7.18. The van der Waals surface area contributed by atoms with Crippen molar-refractivity contribution in [3.8, 4) is 0 Å². The minimum absolute atomic E-state index is 0.165. The molecule has 0 aliphatic carbocycles. The van der Waals surface area contributed by atoms with Gasteiger partial charge < -0.3 is 10.6 Å². The molecule has 0 saturated carbocycles. The lowest BCUT2D eigenvalue weighted by Gasteiger charge is -2.27. The number of nitrogens with zero attached hydrogens (tertiary/aromatic N) is 2. The summed E-state index contributed by atoms with van der Waals surface area (Å²) in [6.07, 6.45) is 3.50. The van der Waals surface area contributed by atoms with E-state index in [1.165, 1.54) is 36.6 Å². The Balaban J connectivity index is 1.98. The first kappa shape index (κ1) is 14.0. The highest BCUT2D eigenvalue weighted by Crippen LogP contribution is 2.31. The molecular formula is C14H25N3S. The molecule has 1 saturated heterocycles. The molecule has 0 bridgehead atoms. The smallest absolute Gasteiger partial charge is 0.0960 e. The van der Waals surface area contributed by atoms with E-state index < -0.39 is 0 Å². The van der Waals surface area contributed by atoms with E-state index in [0.717, 1.165) is 6.42 Å². The second kappa shape index (κ2) is 5.68. The molecule has 0 radical (unpaired) electrons. The Morgan fingerprint density at radius 2 is 2.11 bits per heavy atom. The Hall–Kier alpha value is -0.450. The van der Waals surface area contributed by atoms with Gasteiger partial charge in [-0.25, -0.2) is 4.98 Å². The summed E-state index contributed by atoms with van der Waals surface area (Å²) in [6, 6.07) is 0. The molecule has 3 nitrogen and oxygen atoms in total. The van der Waals surface area contributed by atoms with Crippen molar-refractivity contribution < 1.29 is 0 Å². The summed E-state index contributed by atoms with van der Waals surface area (Å²) < 4.78 is 0.